The van der Waals surface area contributed by atoms with Crippen LogP contribution in [0.15, 0.2) is 42.6 Å². The lowest BCUT2D eigenvalue weighted by molar-refractivity contribution is 0.103. The number of nitrogen functional groups attached to an aromatic ring is 1. The molecule has 1 heterocycles. The van der Waals surface area contributed by atoms with Crippen molar-refractivity contribution >= 4 is 23.1 Å². The molecule has 3 nitrogen and oxygen atoms in total. The van der Waals surface area contributed by atoms with Gasteiger partial charge in [-0.25, -0.2) is 4.98 Å². The average molecular weight is 233 g/mol. The summed E-state index contributed by atoms with van der Waals surface area (Å²) in [5.74, 6) is -0.0934. The van der Waals surface area contributed by atoms with E-state index >= 15 is 0 Å². The van der Waals surface area contributed by atoms with Crippen molar-refractivity contribution in [1.29, 1.82) is 0 Å². The second-order valence-electron chi connectivity index (χ2n) is 3.32. The molecule has 0 fully saturated rings. The van der Waals surface area contributed by atoms with E-state index in [1.54, 1.807) is 36.4 Å². The number of pyridine rings is 1. The predicted octanol–water partition coefficient (Wildman–Crippen LogP) is 2.55. The van der Waals surface area contributed by atoms with E-state index in [2.05, 4.69) is 4.98 Å². The zero-order valence-corrected chi connectivity index (χ0v) is 9.11. The van der Waals surface area contributed by atoms with Gasteiger partial charge in [-0.05, 0) is 36.4 Å². The fourth-order valence-electron chi connectivity index (χ4n) is 1.31. The van der Waals surface area contributed by atoms with Crippen LogP contribution in [-0.4, -0.2) is 10.8 Å². The third kappa shape index (κ3) is 2.20. The van der Waals surface area contributed by atoms with E-state index in [1.807, 2.05) is 0 Å². The summed E-state index contributed by atoms with van der Waals surface area (Å²) in [7, 11) is 0. The van der Waals surface area contributed by atoms with Gasteiger partial charge in [0.1, 0.15) is 5.15 Å². The Balaban J connectivity index is 2.32. The average Bonchev–Trinajstić information content (AvgIpc) is 2.30. The van der Waals surface area contributed by atoms with Gasteiger partial charge in [-0.3, -0.25) is 4.79 Å². The van der Waals surface area contributed by atoms with Crippen LogP contribution < -0.4 is 5.73 Å². The van der Waals surface area contributed by atoms with Gasteiger partial charge in [0, 0.05) is 23.0 Å². The minimum Gasteiger partial charge on any atom is -0.399 e. The third-order valence-electron chi connectivity index (χ3n) is 2.16. The number of anilines is 1. The first-order chi connectivity index (χ1) is 7.66. The molecule has 16 heavy (non-hydrogen) atoms. The summed E-state index contributed by atoms with van der Waals surface area (Å²) in [6.45, 7) is 0. The molecule has 0 saturated heterocycles. The number of hydrogen-bond donors (Lipinski definition) is 1. The molecular weight excluding hydrogens is 224 g/mol. The summed E-state index contributed by atoms with van der Waals surface area (Å²) < 4.78 is 0. The smallest absolute Gasteiger partial charge is 0.194 e. The van der Waals surface area contributed by atoms with Crippen molar-refractivity contribution in [3.8, 4) is 0 Å². The Bertz CT molecular complexity index is 458. The monoisotopic (exact) mass is 232 g/mol. The molecular formula is C12H9ClN2O. The van der Waals surface area contributed by atoms with E-state index in [4.69, 9.17) is 17.3 Å². The topological polar surface area (TPSA) is 56.0 Å². The number of carbonyl (C=O) groups excluding carboxylic acids is 1. The van der Waals surface area contributed by atoms with E-state index in [9.17, 15) is 4.79 Å². The fourth-order valence-corrected chi connectivity index (χ4v) is 1.42. The van der Waals surface area contributed by atoms with Crippen LogP contribution in [0.25, 0.3) is 0 Å². The Morgan fingerprint density at radius 1 is 1.06 bits per heavy atom. The first kappa shape index (κ1) is 10.6. The van der Waals surface area contributed by atoms with Crippen LogP contribution in [0.3, 0.4) is 0 Å². The number of hydrogen-bond acceptors (Lipinski definition) is 3. The molecule has 0 aliphatic carbocycles. The van der Waals surface area contributed by atoms with E-state index < -0.39 is 0 Å². The predicted molar refractivity (Wildman–Crippen MR) is 63.5 cm³/mol. The molecule has 2 N–H and O–H groups in total. The largest absolute Gasteiger partial charge is 0.399 e. The molecule has 2 rings (SSSR count). The van der Waals surface area contributed by atoms with Gasteiger partial charge in [0.2, 0.25) is 0 Å². The second kappa shape index (κ2) is 4.33. The number of ketones is 1. The van der Waals surface area contributed by atoms with Crippen LogP contribution >= 0.6 is 11.6 Å². The number of carbonyl (C=O) groups is 1. The van der Waals surface area contributed by atoms with Crippen LogP contribution in [0.1, 0.15) is 15.9 Å². The summed E-state index contributed by atoms with van der Waals surface area (Å²) >= 11 is 5.64. The van der Waals surface area contributed by atoms with E-state index in [-0.39, 0.29) is 5.78 Å². The first-order valence-electron chi connectivity index (χ1n) is 4.68. The van der Waals surface area contributed by atoms with Crippen LogP contribution in [0.2, 0.25) is 5.15 Å². The number of halogens is 1. The zero-order valence-electron chi connectivity index (χ0n) is 8.35. The SMILES string of the molecule is Nc1ccc(C(=O)c2ccc(Cl)nc2)cc1. The Hall–Kier alpha value is -1.87. The molecule has 0 amide bonds. The Morgan fingerprint density at radius 3 is 2.25 bits per heavy atom. The highest BCUT2D eigenvalue weighted by molar-refractivity contribution is 6.29. The summed E-state index contributed by atoms with van der Waals surface area (Å²) in [5.41, 5.74) is 7.26. The summed E-state index contributed by atoms with van der Waals surface area (Å²) in [4.78, 5) is 15.8. The van der Waals surface area contributed by atoms with Crippen molar-refractivity contribution in [3.05, 3.63) is 58.9 Å². The highest BCUT2D eigenvalue weighted by Crippen LogP contribution is 2.12. The van der Waals surface area contributed by atoms with Crippen molar-refractivity contribution in [3.63, 3.8) is 0 Å². The molecule has 0 bridgehead atoms. The third-order valence-corrected chi connectivity index (χ3v) is 2.39. The van der Waals surface area contributed by atoms with Crippen LogP contribution in [0, 0.1) is 0 Å². The highest BCUT2D eigenvalue weighted by atomic mass is 35.5. The van der Waals surface area contributed by atoms with Gasteiger partial charge in [-0.15, -0.1) is 0 Å². The Morgan fingerprint density at radius 2 is 1.69 bits per heavy atom. The molecule has 0 aliphatic rings. The van der Waals surface area contributed by atoms with Crippen LogP contribution in [0.5, 0.6) is 0 Å². The van der Waals surface area contributed by atoms with Gasteiger partial charge in [0.05, 0.1) is 0 Å². The van der Waals surface area contributed by atoms with E-state index in [1.165, 1.54) is 6.20 Å². The lowest BCUT2D eigenvalue weighted by atomic mass is 10.1. The minimum absolute atomic E-state index is 0.0934. The Labute approximate surface area is 97.9 Å². The van der Waals surface area contributed by atoms with Gasteiger partial charge in [0.25, 0.3) is 0 Å². The van der Waals surface area contributed by atoms with E-state index in [0.29, 0.717) is 22.0 Å². The van der Waals surface area contributed by atoms with Gasteiger partial charge in [0.15, 0.2) is 5.78 Å². The molecule has 0 radical (unpaired) electrons. The highest BCUT2D eigenvalue weighted by Gasteiger charge is 2.08. The summed E-state index contributed by atoms with van der Waals surface area (Å²) in [6, 6.07) is 9.99. The summed E-state index contributed by atoms with van der Waals surface area (Å²) in [6.07, 6.45) is 1.46. The van der Waals surface area contributed by atoms with Crippen molar-refractivity contribution < 1.29 is 4.79 Å². The lowest BCUT2D eigenvalue weighted by Crippen LogP contribution is -2.01. The minimum atomic E-state index is -0.0934. The van der Waals surface area contributed by atoms with Crippen LogP contribution in [-0.2, 0) is 0 Å². The zero-order chi connectivity index (χ0) is 11.5. The second-order valence-corrected chi connectivity index (χ2v) is 3.71. The molecule has 0 unspecified atom stereocenters. The molecule has 0 spiro atoms. The fraction of sp³-hybridized carbons (Fsp3) is 0. The number of aromatic nitrogens is 1. The maximum Gasteiger partial charge on any atom is 0.194 e. The van der Waals surface area contributed by atoms with Crippen LogP contribution in [0.4, 0.5) is 5.69 Å². The number of nitrogens with two attached hydrogens (primary N) is 1. The molecule has 4 heteroatoms. The summed E-state index contributed by atoms with van der Waals surface area (Å²) in [5, 5.41) is 0.369. The first-order valence-corrected chi connectivity index (χ1v) is 5.06. The number of benzene rings is 1. The maximum absolute atomic E-state index is 11.9. The van der Waals surface area contributed by atoms with Crippen molar-refractivity contribution in [2.24, 2.45) is 0 Å². The molecule has 80 valence electrons. The van der Waals surface area contributed by atoms with Crippen molar-refractivity contribution in [2.45, 2.75) is 0 Å². The van der Waals surface area contributed by atoms with Gasteiger partial charge in [-0.1, -0.05) is 11.6 Å². The molecule has 1 aromatic heterocycles. The molecule has 0 aliphatic heterocycles. The molecule has 0 saturated carbocycles. The Kier molecular flexibility index (Phi) is 2.88. The number of rotatable bonds is 2. The number of nitrogens with zero attached hydrogens (tertiary/aromatic N) is 1. The lowest BCUT2D eigenvalue weighted by Gasteiger charge is -2.01. The maximum atomic E-state index is 11.9. The van der Waals surface area contributed by atoms with Gasteiger partial charge in [-0.2, -0.15) is 0 Å². The quantitative estimate of drug-likeness (QED) is 0.492. The molecule has 2 aromatic rings. The molecule has 0 atom stereocenters. The van der Waals surface area contributed by atoms with E-state index in [0.717, 1.165) is 0 Å². The van der Waals surface area contributed by atoms with Gasteiger partial charge < -0.3 is 5.73 Å². The van der Waals surface area contributed by atoms with Crippen molar-refractivity contribution in [2.75, 3.05) is 5.73 Å². The standard InChI is InChI=1S/C12H9ClN2O/c13-11-6-3-9(7-15-11)12(16)8-1-4-10(14)5-2-8/h1-7H,14H2. The molecule has 1 aromatic carbocycles. The van der Waals surface area contributed by atoms with Gasteiger partial charge >= 0.3 is 0 Å². The normalized spacial score (nSPS) is 10.1. The van der Waals surface area contributed by atoms with Crippen molar-refractivity contribution in [1.82, 2.24) is 4.98 Å².